The van der Waals surface area contributed by atoms with Crippen molar-refractivity contribution in [2.24, 2.45) is 0 Å². The van der Waals surface area contributed by atoms with Crippen molar-refractivity contribution >= 4 is 11.6 Å². The van der Waals surface area contributed by atoms with Crippen LogP contribution in [0.5, 0.6) is 0 Å². The van der Waals surface area contributed by atoms with Gasteiger partial charge >= 0.3 is 6.18 Å². The minimum Gasteiger partial charge on any atom is -0.382 e. The molecule has 4 nitrogen and oxygen atoms in total. The van der Waals surface area contributed by atoms with Gasteiger partial charge in [0.25, 0.3) is 0 Å². The van der Waals surface area contributed by atoms with Crippen LogP contribution in [0.2, 0.25) is 0 Å². The summed E-state index contributed by atoms with van der Waals surface area (Å²) >= 11 is 0. The minimum atomic E-state index is -4.26. The van der Waals surface area contributed by atoms with Gasteiger partial charge in [-0.25, -0.2) is 9.97 Å². The summed E-state index contributed by atoms with van der Waals surface area (Å²) in [6.45, 7) is -1.13. The fourth-order valence-electron chi connectivity index (χ4n) is 0.620. The third-order valence-electron chi connectivity index (χ3n) is 1.14. The molecule has 3 N–H and O–H groups in total. The van der Waals surface area contributed by atoms with E-state index in [1.807, 2.05) is 0 Å². The number of rotatable bonds is 2. The topological polar surface area (TPSA) is 63.8 Å². The summed E-state index contributed by atoms with van der Waals surface area (Å²) in [6, 6.07) is 0. The Balaban J connectivity index is 2.51. The van der Waals surface area contributed by atoms with Crippen molar-refractivity contribution in [1.82, 2.24) is 9.97 Å². The molecule has 0 fully saturated rings. The summed E-state index contributed by atoms with van der Waals surface area (Å²) in [5.41, 5.74) is 5.19. The molecule has 0 saturated heterocycles. The van der Waals surface area contributed by atoms with Gasteiger partial charge in [0, 0.05) is 0 Å². The second-order valence-corrected chi connectivity index (χ2v) is 2.30. The molecule has 0 aromatic carbocycles. The largest absolute Gasteiger partial charge is 0.405 e. The fraction of sp³-hybridized carbons (Fsp3) is 0.333. The van der Waals surface area contributed by atoms with Gasteiger partial charge in [0.1, 0.15) is 18.2 Å². The van der Waals surface area contributed by atoms with E-state index >= 15 is 0 Å². The molecule has 0 atom stereocenters. The summed E-state index contributed by atoms with van der Waals surface area (Å²) in [4.78, 5) is 7.15. The molecule has 0 spiro atoms. The Hall–Kier alpha value is -1.53. The summed E-state index contributed by atoms with van der Waals surface area (Å²) < 4.78 is 35.1. The molecule has 13 heavy (non-hydrogen) atoms. The van der Waals surface area contributed by atoms with E-state index < -0.39 is 12.7 Å². The van der Waals surface area contributed by atoms with Crippen molar-refractivity contribution in [3.05, 3.63) is 12.4 Å². The highest BCUT2D eigenvalue weighted by Gasteiger charge is 2.26. The second kappa shape index (κ2) is 3.46. The first-order valence-electron chi connectivity index (χ1n) is 3.35. The molecule has 0 aliphatic carbocycles. The first-order valence-corrected chi connectivity index (χ1v) is 3.35. The fourth-order valence-corrected chi connectivity index (χ4v) is 0.620. The summed E-state index contributed by atoms with van der Waals surface area (Å²) in [6.07, 6.45) is -1.94. The van der Waals surface area contributed by atoms with Crippen LogP contribution in [-0.4, -0.2) is 22.7 Å². The number of anilines is 2. The van der Waals surface area contributed by atoms with E-state index in [4.69, 9.17) is 5.73 Å². The number of nitrogens with two attached hydrogens (primary N) is 1. The van der Waals surface area contributed by atoms with E-state index in [1.165, 1.54) is 6.20 Å². The smallest absolute Gasteiger partial charge is 0.382 e. The van der Waals surface area contributed by atoms with Crippen LogP contribution in [0.4, 0.5) is 24.8 Å². The molecule has 1 aromatic rings. The van der Waals surface area contributed by atoms with Crippen LogP contribution in [0.3, 0.4) is 0 Å². The number of nitrogens with one attached hydrogen (secondary N) is 1. The van der Waals surface area contributed by atoms with Crippen LogP contribution in [-0.2, 0) is 0 Å². The number of nitrogen functional groups attached to an aromatic ring is 1. The van der Waals surface area contributed by atoms with Crippen LogP contribution in [0.15, 0.2) is 12.4 Å². The van der Waals surface area contributed by atoms with Crippen molar-refractivity contribution in [1.29, 1.82) is 0 Å². The van der Waals surface area contributed by atoms with Crippen molar-refractivity contribution in [2.75, 3.05) is 17.6 Å². The average molecular weight is 192 g/mol. The highest BCUT2D eigenvalue weighted by molar-refractivity contribution is 5.35. The maximum atomic E-state index is 11.7. The van der Waals surface area contributed by atoms with Gasteiger partial charge in [-0.15, -0.1) is 0 Å². The van der Waals surface area contributed by atoms with E-state index in [-0.39, 0.29) is 11.6 Å². The average Bonchev–Trinajstić information content (AvgIpc) is 2.02. The molecule has 1 aromatic heterocycles. The lowest BCUT2D eigenvalue weighted by Gasteiger charge is -2.07. The Morgan fingerprint density at radius 3 is 2.46 bits per heavy atom. The van der Waals surface area contributed by atoms with Crippen molar-refractivity contribution in [2.45, 2.75) is 6.18 Å². The van der Waals surface area contributed by atoms with E-state index in [9.17, 15) is 13.2 Å². The van der Waals surface area contributed by atoms with Crippen molar-refractivity contribution < 1.29 is 13.2 Å². The third kappa shape index (κ3) is 3.59. The molecular weight excluding hydrogens is 185 g/mol. The van der Waals surface area contributed by atoms with Crippen LogP contribution >= 0.6 is 0 Å². The molecule has 0 amide bonds. The molecular formula is C6H7F3N4. The molecule has 0 aliphatic rings. The lowest BCUT2D eigenvalue weighted by Crippen LogP contribution is -2.21. The summed E-state index contributed by atoms with van der Waals surface area (Å²) in [5, 5.41) is 2.06. The molecule has 0 aliphatic heterocycles. The minimum absolute atomic E-state index is 0.0477. The molecule has 0 unspecified atom stereocenters. The van der Waals surface area contributed by atoms with Gasteiger partial charge in [-0.3, -0.25) is 0 Å². The molecule has 1 rings (SSSR count). The molecule has 7 heteroatoms. The SMILES string of the molecule is Nc1cnc(NCC(F)(F)F)cn1. The number of alkyl halides is 3. The Labute approximate surface area is 72.0 Å². The van der Waals surface area contributed by atoms with Crippen LogP contribution in [0.25, 0.3) is 0 Å². The standard InChI is InChI=1S/C6H7F3N4/c7-6(8,9)3-13-5-2-11-4(10)1-12-5/h1-2H,3H2,(H2,10,11)(H,12,13). The van der Waals surface area contributed by atoms with Gasteiger partial charge in [-0.1, -0.05) is 0 Å². The van der Waals surface area contributed by atoms with Gasteiger partial charge in [-0.2, -0.15) is 13.2 Å². The Morgan fingerprint density at radius 2 is 2.00 bits per heavy atom. The molecule has 0 saturated carbocycles. The number of aromatic nitrogens is 2. The first kappa shape index (κ1) is 9.56. The zero-order valence-corrected chi connectivity index (χ0v) is 6.47. The second-order valence-electron chi connectivity index (χ2n) is 2.30. The van der Waals surface area contributed by atoms with Crippen molar-refractivity contribution in [3.63, 3.8) is 0 Å². The molecule has 72 valence electrons. The monoisotopic (exact) mass is 192 g/mol. The summed E-state index contributed by atoms with van der Waals surface area (Å²) in [5.74, 6) is 0.212. The zero-order chi connectivity index (χ0) is 9.90. The Kier molecular flexibility index (Phi) is 2.54. The highest BCUT2D eigenvalue weighted by atomic mass is 19.4. The number of halogens is 3. The molecule has 0 bridgehead atoms. The number of hydrogen-bond donors (Lipinski definition) is 2. The third-order valence-corrected chi connectivity index (χ3v) is 1.14. The molecule has 0 radical (unpaired) electrons. The number of nitrogens with zero attached hydrogens (tertiary/aromatic N) is 2. The normalized spacial score (nSPS) is 11.3. The molecule has 1 heterocycles. The predicted molar refractivity (Wildman–Crippen MR) is 41.0 cm³/mol. The van der Waals surface area contributed by atoms with Gasteiger partial charge in [0.05, 0.1) is 12.4 Å². The van der Waals surface area contributed by atoms with E-state index in [1.54, 1.807) is 0 Å². The van der Waals surface area contributed by atoms with Gasteiger partial charge in [-0.05, 0) is 0 Å². The van der Waals surface area contributed by atoms with Crippen molar-refractivity contribution in [3.8, 4) is 0 Å². The van der Waals surface area contributed by atoms with E-state index in [0.717, 1.165) is 6.20 Å². The Morgan fingerprint density at radius 1 is 1.31 bits per heavy atom. The first-order chi connectivity index (χ1) is 5.97. The van der Waals surface area contributed by atoms with Crippen LogP contribution in [0.1, 0.15) is 0 Å². The lowest BCUT2D eigenvalue weighted by atomic mass is 10.5. The zero-order valence-electron chi connectivity index (χ0n) is 6.47. The lowest BCUT2D eigenvalue weighted by molar-refractivity contribution is -0.115. The van der Waals surface area contributed by atoms with Gasteiger partial charge in [0.2, 0.25) is 0 Å². The van der Waals surface area contributed by atoms with Gasteiger partial charge in [0.15, 0.2) is 0 Å². The Bertz CT molecular complexity index is 268. The summed E-state index contributed by atoms with van der Waals surface area (Å²) in [7, 11) is 0. The van der Waals surface area contributed by atoms with Gasteiger partial charge < -0.3 is 11.1 Å². The quantitative estimate of drug-likeness (QED) is 0.734. The number of hydrogen-bond acceptors (Lipinski definition) is 4. The van der Waals surface area contributed by atoms with Crippen LogP contribution < -0.4 is 11.1 Å². The highest BCUT2D eigenvalue weighted by Crippen LogP contribution is 2.14. The van der Waals surface area contributed by atoms with E-state index in [0.29, 0.717) is 0 Å². The maximum absolute atomic E-state index is 11.7. The van der Waals surface area contributed by atoms with E-state index in [2.05, 4.69) is 15.3 Å². The van der Waals surface area contributed by atoms with Crippen LogP contribution in [0, 0.1) is 0 Å². The predicted octanol–water partition coefficient (Wildman–Crippen LogP) is 1.03. The maximum Gasteiger partial charge on any atom is 0.405 e.